The minimum absolute atomic E-state index is 0.0828. The molecule has 3 nitrogen and oxygen atoms in total. The fraction of sp³-hybridized carbons (Fsp3) is 0.611. The van der Waals surface area contributed by atoms with Gasteiger partial charge >= 0.3 is 0 Å². The number of hydrogen-bond acceptors (Lipinski definition) is 2. The summed E-state index contributed by atoms with van der Waals surface area (Å²) < 4.78 is 0. The number of carbonyl (C=O) groups excluding carboxylic acids is 1. The van der Waals surface area contributed by atoms with Crippen LogP contribution in [0.1, 0.15) is 61.7 Å². The van der Waals surface area contributed by atoms with E-state index in [0.29, 0.717) is 16.6 Å². The Balaban J connectivity index is 1.87. The van der Waals surface area contributed by atoms with Gasteiger partial charge in [-0.3, -0.25) is 9.80 Å². The van der Waals surface area contributed by atoms with Gasteiger partial charge in [0.1, 0.15) is 0 Å². The van der Waals surface area contributed by atoms with Crippen LogP contribution in [0.15, 0.2) is 24.3 Å². The molecule has 2 fully saturated rings. The lowest BCUT2D eigenvalue weighted by Gasteiger charge is -2.38. The van der Waals surface area contributed by atoms with Gasteiger partial charge in [0.2, 0.25) is 0 Å². The predicted molar refractivity (Wildman–Crippen MR) is 89.9 cm³/mol. The van der Waals surface area contributed by atoms with Crippen molar-refractivity contribution in [3.8, 4) is 0 Å². The fourth-order valence-electron chi connectivity index (χ4n) is 3.70. The molecule has 1 aliphatic carbocycles. The molecule has 0 atom stereocenters. The minimum Gasteiger partial charge on any atom is -0.268 e. The van der Waals surface area contributed by atoms with Crippen molar-refractivity contribution in [1.82, 2.24) is 10.0 Å². The highest BCUT2D eigenvalue weighted by molar-refractivity contribution is 6.33. The number of benzene rings is 1. The van der Waals surface area contributed by atoms with E-state index in [1.54, 1.807) is 0 Å². The van der Waals surface area contributed by atoms with Crippen LogP contribution in [0, 0.1) is 0 Å². The first-order valence-corrected chi connectivity index (χ1v) is 8.98. The van der Waals surface area contributed by atoms with E-state index < -0.39 is 0 Å². The van der Waals surface area contributed by atoms with E-state index in [2.05, 4.69) is 10.0 Å². The molecule has 0 N–H and O–H groups in total. The summed E-state index contributed by atoms with van der Waals surface area (Å²) in [6, 6.07) is 7.78. The molecule has 1 aromatic rings. The summed E-state index contributed by atoms with van der Waals surface area (Å²) in [5.74, 6) is 0.0828. The van der Waals surface area contributed by atoms with E-state index >= 15 is 0 Å². The third-order valence-electron chi connectivity index (χ3n) is 4.87. The first-order chi connectivity index (χ1) is 10.8. The van der Waals surface area contributed by atoms with Gasteiger partial charge in [0.25, 0.3) is 5.91 Å². The second-order valence-corrected chi connectivity index (χ2v) is 6.84. The Morgan fingerprint density at radius 2 is 1.64 bits per heavy atom. The SMILES string of the molecule is O=C(c1ccccc1Cl)N(C1CCCCCC1)N1CCCC1. The van der Waals surface area contributed by atoms with Crippen molar-refractivity contribution in [1.29, 1.82) is 0 Å². The van der Waals surface area contributed by atoms with Crippen LogP contribution in [0.3, 0.4) is 0 Å². The number of rotatable bonds is 3. The smallest absolute Gasteiger partial charge is 0.268 e. The molecule has 1 amide bonds. The third-order valence-corrected chi connectivity index (χ3v) is 5.20. The number of nitrogens with zero attached hydrogens (tertiary/aromatic N) is 2. The van der Waals surface area contributed by atoms with Crippen LogP contribution in [-0.4, -0.2) is 35.1 Å². The summed E-state index contributed by atoms with van der Waals surface area (Å²) in [5.41, 5.74) is 0.639. The van der Waals surface area contributed by atoms with Crippen molar-refractivity contribution in [2.24, 2.45) is 0 Å². The monoisotopic (exact) mass is 320 g/mol. The maximum absolute atomic E-state index is 13.2. The summed E-state index contributed by atoms with van der Waals surface area (Å²) in [7, 11) is 0. The number of carbonyl (C=O) groups is 1. The van der Waals surface area contributed by atoms with Crippen molar-refractivity contribution in [2.75, 3.05) is 13.1 Å². The maximum Gasteiger partial charge on any atom is 0.269 e. The number of hydrazine groups is 1. The van der Waals surface area contributed by atoms with Crippen LogP contribution in [0.2, 0.25) is 5.02 Å². The van der Waals surface area contributed by atoms with Gasteiger partial charge in [0.15, 0.2) is 0 Å². The van der Waals surface area contributed by atoms with Crippen molar-refractivity contribution < 1.29 is 4.79 Å². The summed E-state index contributed by atoms with van der Waals surface area (Å²) >= 11 is 6.28. The Hall–Kier alpha value is -1.06. The molecule has 4 heteroatoms. The lowest BCUT2D eigenvalue weighted by atomic mass is 10.1. The standard InChI is InChI=1S/C18H25ClN2O/c19-17-12-6-5-11-16(17)18(22)21(20-13-7-8-14-20)15-9-3-1-2-4-10-15/h5-6,11-12,15H,1-4,7-10,13-14H2. The third kappa shape index (κ3) is 3.47. The van der Waals surface area contributed by atoms with Crippen molar-refractivity contribution in [2.45, 2.75) is 57.4 Å². The quantitative estimate of drug-likeness (QED) is 0.765. The molecular weight excluding hydrogens is 296 g/mol. The maximum atomic E-state index is 13.2. The Kier molecular flexibility index (Phi) is 5.37. The molecule has 0 spiro atoms. The van der Waals surface area contributed by atoms with Crippen molar-refractivity contribution >= 4 is 17.5 Å². The number of hydrogen-bond donors (Lipinski definition) is 0. The van der Waals surface area contributed by atoms with Crippen molar-refractivity contribution in [3.63, 3.8) is 0 Å². The summed E-state index contributed by atoms with van der Waals surface area (Å²) in [4.78, 5) is 13.2. The normalized spacial score (nSPS) is 20.8. The molecule has 3 rings (SSSR count). The molecule has 1 saturated carbocycles. The summed E-state index contributed by atoms with van der Waals surface area (Å²) in [6.45, 7) is 1.99. The van der Waals surface area contributed by atoms with Crippen LogP contribution in [0.5, 0.6) is 0 Å². The zero-order chi connectivity index (χ0) is 15.4. The Bertz CT molecular complexity index is 506. The average Bonchev–Trinajstić information content (AvgIpc) is 2.91. The van der Waals surface area contributed by atoms with E-state index in [1.165, 1.54) is 38.5 Å². The van der Waals surface area contributed by atoms with Crippen LogP contribution in [-0.2, 0) is 0 Å². The first kappa shape index (κ1) is 15.8. The van der Waals surface area contributed by atoms with Gasteiger partial charge in [-0.25, -0.2) is 5.01 Å². The zero-order valence-corrected chi connectivity index (χ0v) is 13.9. The molecule has 0 radical (unpaired) electrons. The fourth-order valence-corrected chi connectivity index (χ4v) is 3.92. The van der Waals surface area contributed by atoms with Crippen LogP contribution < -0.4 is 0 Å². The predicted octanol–water partition coefficient (Wildman–Crippen LogP) is 4.52. The first-order valence-electron chi connectivity index (χ1n) is 8.60. The molecule has 1 heterocycles. The highest BCUT2D eigenvalue weighted by Gasteiger charge is 2.32. The van der Waals surface area contributed by atoms with E-state index in [-0.39, 0.29) is 5.91 Å². The lowest BCUT2D eigenvalue weighted by Crippen LogP contribution is -2.51. The van der Waals surface area contributed by atoms with E-state index in [9.17, 15) is 4.79 Å². The van der Waals surface area contributed by atoms with Crippen LogP contribution >= 0.6 is 11.6 Å². The van der Waals surface area contributed by atoms with E-state index in [4.69, 9.17) is 11.6 Å². The number of halogens is 1. The largest absolute Gasteiger partial charge is 0.269 e. The molecule has 120 valence electrons. The topological polar surface area (TPSA) is 23.6 Å². The second-order valence-electron chi connectivity index (χ2n) is 6.44. The Labute approximate surface area is 138 Å². The molecule has 22 heavy (non-hydrogen) atoms. The van der Waals surface area contributed by atoms with Crippen LogP contribution in [0.25, 0.3) is 0 Å². The van der Waals surface area contributed by atoms with Gasteiger partial charge in [0.05, 0.1) is 10.6 Å². The van der Waals surface area contributed by atoms with Gasteiger partial charge in [-0.05, 0) is 37.8 Å². The molecule has 0 unspecified atom stereocenters. The summed E-state index contributed by atoms with van der Waals surface area (Å²) in [5, 5.41) is 4.88. The van der Waals surface area contributed by atoms with Gasteiger partial charge in [-0.2, -0.15) is 0 Å². The Morgan fingerprint density at radius 1 is 1.00 bits per heavy atom. The second kappa shape index (κ2) is 7.47. The number of amides is 1. The molecule has 1 aliphatic heterocycles. The zero-order valence-electron chi connectivity index (χ0n) is 13.1. The highest BCUT2D eigenvalue weighted by atomic mass is 35.5. The molecule has 1 saturated heterocycles. The molecule has 2 aliphatic rings. The van der Waals surface area contributed by atoms with Gasteiger partial charge in [0, 0.05) is 19.1 Å². The van der Waals surface area contributed by atoms with Gasteiger partial charge in [-0.1, -0.05) is 49.4 Å². The summed E-state index contributed by atoms with van der Waals surface area (Å²) in [6.07, 6.45) is 9.64. The molecule has 0 aromatic heterocycles. The lowest BCUT2D eigenvalue weighted by molar-refractivity contribution is -0.0257. The molecule has 1 aromatic carbocycles. The average molecular weight is 321 g/mol. The van der Waals surface area contributed by atoms with Gasteiger partial charge < -0.3 is 0 Å². The van der Waals surface area contributed by atoms with Crippen molar-refractivity contribution in [3.05, 3.63) is 34.9 Å². The van der Waals surface area contributed by atoms with E-state index in [0.717, 1.165) is 25.9 Å². The highest BCUT2D eigenvalue weighted by Crippen LogP contribution is 2.28. The Morgan fingerprint density at radius 3 is 2.27 bits per heavy atom. The van der Waals surface area contributed by atoms with Crippen LogP contribution in [0.4, 0.5) is 0 Å². The molecule has 0 bridgehead atoms. The van der Waals surface area contributed by atoms with Gasteiger partial charge in [-0.15, -0.1) is 0 Å². The van der Waals surface area contributed by atoms with E-state index in [1.807, 2.05) is 24.3 Å². The minimum atomic E-state index is 0.0828. The molecular formula is C18H25ClN2O.